The van der Waals surface area contributed by atoms with Crippen molar-refractivity contribution in [2.45, 2.75) is 6.04 Å². The molecule has 1 aromatic carbocycles. The number of anilines is 1. The van der Waals surface area contributed by atoms with E-state index in [-0.39, 0.29) is 5.91 Å². The number of nitrogens with two attached hydrogens (primary N) is 1. The fraction of sp³-hybridized carbons (Fsp3) is 0.214. The van der Waals surface area contributed by atoms with Gasteiger partial charge >= 0.3 is 0 Å². The summed E-state index contributed by atoms with van der Waals surface area (Å²) >= 11 is 0. The number of nitrogens with zero attached hydrogens (tertiary/aromatic N) is 4. The number of hydrogen-bond acceptors (Lipinski definition) is 4. The van der Waals surface area contributed by atoms with Crippen LogP contribution in [0.25, 0.3) is 0 Å². The van der Waals surface area contributed by atoms with E-state index in [0.29, 0.717) is 16.8 Å². The van der Waals surface area contributed by atoms with Crippen LogP contribution in [0, 0.1) is 11.3 Å². The highest BCUT2D eigenvalue weighted by atomic mass is 16.2. The molecule has 0 aliphatic carbocycles. The van der Waals surface area contributed by atoms with Gasteiger partial charge in [0.2, 0.25) is 5.91 Å². The number of rotatable bonds is 3. The molecule has 20 heavy (non-hydrogen) atoms. The quantitative estimate of drug-likeness (QED) is 0.898. The summed E-state index contributed by atoms with van der Waals surface area (Å²) in [6, 6.07) is 8.03. The van der Waals surface area contributed by atoms with Gasteiger partial charge in [-0.05, 0) is 24.3 Å². The van der Waals surface area contributed by atoms with Crippen molar-refractivity contribution in [2.75, 3.05) is 11.9 Å². The largest absolute Gasteiger partial charge is 0.316 e. The van der Waals surface area contributed by atoms with Gasteiger partial charge in [0.15, 0.2) is 0 Å². The molecule has 0 bridgehead atoms. The summed E-state index contributed by atoms with van der Waals surface area (Å²) in [4.78, 5) is 13.8. The van der Waals surface area contributed by atoms with Crippen LogP contribution in [0.2, 0.25) is 0 Å². The molecule has 0 aliphatic heterocycles. The van der Waals surface area contributed by atoms with E-state index >= 15 is 0 Å². The zero-order valence-corrected chi connectivity index (χ0v) is 11.3. The molecule has 1 aromatic heterocycles. The lowest BCUT2D eigenvalue weighted by atomic mass is 10.1. The number of aromatic nitrogens is 2. The van der Waals surface area contributed by atoms with Crippen molar-refractivity contribution in [1.82, 2.24) is 9.78 Å². The average molecular weight is 269 g/mol. The van der Waals surface area contributed by atoms with E-state index in [1.807, 2.05) is 6.07 Å². The Morgan fingerprint density at radius 2 is 2.10 bits per heavy atom. The number of carbonyl (C=O) groups is 1. The van der Waals surface area contributed by atoms with Crippen LogP contribution in [0.4, 0.5) is 5.69 Å². The molecule has 2 rings (SSSR count). The number of likely N-dealkylation sites (N-methyl/N-ethyl adjacent to an activating group) is 1. The molecule has 6 heteroatoms. The standard InChI is InChI=1S/C14H15N5O/c1-18-9-11(8-17-18)13(16)14(20)19(2)12-5-3-10(7-15)4-6-12/h3-6,8-9,13H,16H2,1-2H3. The molecular weight excluding hydrogens is 254 g/mol. The molecule has 0 radical (unpaired) electrons. The van der Waals surface area contributed by atoms with Crippen molar-refractivity contribution in [3.8, 4) is 6.07 Å². The highest BCUT2D eigenvalue weighted by molar-refractivity contribution is 5.97. The summed E-state index contributed by atoms with van der Waals surface area (Å²) in [5, 5.41) is 12.8. The normalized spacial score (nSPS) is 11.7. The molecule has 1 unspecified atom stereocenters. The first kappa shape index (κ1) is 13.8. The lowest BCUT2D eigenvalue weighted by Crippen LogP contribution is -2.35. The minimum atomic E-state index is -0.760. The first-order chi connectivity index (χ1) is 9.52. The zero-order chi connectivity index (χ0) is 14.7. The fourth-order valence-corrected chi connectivity index (χ4v) is 1.84. The average Bonchev–Trinajstić information content (AvgIpc) is 2.91. The maximum Gasteiger partial charge on any atom is 0.248 e. The molecule has 102 valence electrons. The summed E-state index contributed by atoms with van der Waals surface area (Å²) in [5.74, 6) is -0.234. The topological polar surface area (TPSA) is 87.9 Å². The van der Waals surface area contributed by atoms with Crippen LogP contribution in [-0.2, 0) is 11.8 Å². The van der Waals surface area contributed by atoms with E-state index in [0.717, 1.165) is 0 Å². The summed E-state index contributed by atoms with van der Waals surface area (Å²) in [6.07, 6.45) is 3.30. The second kappa shape index (κ2) is 5.55. The Hall–Kier alpha value is -2.65. The van der Waals surface area contributed by atoms with E-state index in [9.17, 15) is 4.79 Å². The molecular formula is C14H15N5O. The summed E-state index contributed by atoms with van der Waals surface area (Å²) in [5.41, 5.74) is 7.85. The Labute approximate surface area is 117 Å². The molecule has 0 aliphatic rings. The molecule has 1 atom stereocenters. The predicted molar refractivity (Wildman–Crippen MR) is 74.7 cm³/mol. The van der Waals surface area contributed by atoms with Crippen molar-refractivity contribution < 1.29 is 4.79 Å². The third-order valence-electron chi connectivity index (χ3n) is 3.06. The minimum Gasteiger partial charge on any atom is -0.316 e. The lowest BCUT2D eigenvalue weighted by Gasteiger charge is -2.20. The van der Waals surface area contributed by atoms with Gasteiger partial charge in [-0.1, -0.05) is 0 Å². The number of hydrogen-bond donors (Lipinski definition) is 1. The fourth-order valence-electron chi connectivity index (χ4n) is 1.84. The first-order valence-electron chi connectivity index (χ1n) is 6.05. The van der Waals surface area contributed by atoms with Crippen molar-refractivity contribution >= 4 is 11.6 Å². The van der Waals surface area contributed by atoms with Gasteiger partial charge in [0, 0.05) is 31.5 Å². The van der Waals surface area contributed by atoms with E-state index in [1.54, 1.807) is 55.4 Å². The van der Waals surface area contributed by atoms with Gasteiger partial charge in [0.05, 0.1) is 17.8 Å². The monoisotopic (exact) mass is 269 g/mol. The smallest absolute Gasteiger partial charge is 0.248 e. The highest BCUT2D eigenvalue weighted by Crippen LogP contribution is 2.18. The molecule has 0 fully saturated rings. The van der Waals surface area contributed by atoms with Crippen LogP contribution < -0.4 is 10.6 Å². The Morgan fingerprint density at radius 3 is 2.60 bits per heavy atom. The van der Waals surface area contributed by atoms with Gasteiger partial charge in [-0.25, -0.2) is 0 Å². The predicted octanol–water partition coefficient (Wildman–Crippen LogP) is 0.955. The van der Waals surface area contributed by atoms with Crippen LogP contribution in [0.5, 0.6) is 0 Å². The number of benzene rings is 1. The van der Waals surface area contributed by atoms with E-state index in [4.69, 9.17) is 11.0 Å². The van der Waals surface area contributed by atoms with Gasteiger partial charge in [-0.3, -0.25) is 9.48 Å². The van der Waals surface area contributed by atoms with Crippen molar-refractivity contribution in [3.05, 3.63) is 47.8 Å². The molecule has 1 heterocycles. The van der Waals surface area contributed by atoms with E-state index in [1.165, 1.54) is 4.90 Å². The maximum absolute atomic E-state index is 12.3. The van der Waals surface area contributed by atoms with Crippen LogP contribution >= 0.6 is 0 Å². The number of amides is 1. The van der Waals surface area contributed by atoms with Gasteiger partial charge in [-0.2, -0.15) is 10.4 Å². The molecule has 2 N–H and O–H groups in total. The van der Waals surface area contributed by atoms with Crippen molar-refractivity contribution in [1.29, 1.82) is 5.26 Å². The first-order valence-corrected chi connectivity index (χ1v) is 6.05. The molecule has 2 aromatic rings. The SMILES string of the molecule is CN(C(=O)C(N)c1cnn(C)c1)c1ccc(C#N)cc1. The second-order valence-electron chi connectivity index (χ2n) is 4.48. The van der Waals surface area contributed by atoms with Gasteiger partial charge < -0.3 is 10.6 Å². The van der Waals surface area contributed by atoms with Crippen LogP contribution in [0.1, 0.15) is 17.2 Å². The Bertz CT molecular complexity index is 653. The molecule has 1 amide bonds. The maximum atomic E-state index is 12.3. The van der Waals surface area contributed by atoms with Gasteiger partial charge in [-0.15, -0.1) is 0 Å². The van der Waals surface area contributed by atoms with Crippen LogP contribution in [-0.4, -0.2) is 22.7 Å². The van der Waals surface area contributed by atoms with Crippen LogP contribution in [0.3, 0.4) is 0 Å². The van der Waals surface area contributed by atoms with Gasteiger partial charge in [0.1, 0.15) is 6.04 Å². The van der Waals surface area contributed by atoms with E-state index < -0.39 is 6.04 Å². The molecule has 0 saturated heterocycles. The zero-order valence-electron chi connectivity index (χ0n) is 11.3. The molecule has 6 nitrogen and oxygen atoms in total. The number of carbonyl (C=O) groups excluding carboxylic acids is 1. The Kier molecular flexibility index (Phi) is 3.82. The second-order valence-corrected chi connectivity index (χ2v) is 4.48. The summed E-state index contributed by atoms with van der Waals surface area (Å²) < 4.78 is 1.60. The van der Waals surface area contributed by atoms with Crippen LogP contribution in [0.15, 0.2) is 36.7 Å². The highest BCUT2D eigenvalue weighted by Gasteiger charge is 2.22. The Balaban J connectivity index is 2.17. The Morgan fingerprint density at radius 1 is 1.45 bits per heavy atom. The summed E-state index contributed by atoms with van der Waals surface area (Å²) in [7, 11) is 3.42. The van der Waals surface area contributed by atoms with Gasteiger partial charge in [0.25, 0.3) is 0 Å². The third kappa shape index (κ3) is 2.68. The minimum absolute atomic E-state index is 0.234. The van der Waals surface area contributed by atoms with Crippen molar-refractivity contribution in [3.63, 3.8) is 0 Å². The lowest BCUT2D eigenvalue weighted by molar-refractivity contribution is -0.119. The molecule has 0 saturated carbocycles. The number of aryl methyl sites for hydroxylation is 1. The molecule has 0 spiro atoms. The number of nitriles is 1. The summed E-state index contributed by atoms with van der Waals surface area (Å²) in [6.45, 7) is 0. The third-order valence-corrected chi connectivity index (χ3v) is 3.06. The van der Waals surface area contributed by atoms with E-state index in [2.05, 4.69) is 5.10 Å². The van der Waals surface area contributed by atoms with Crippen molar-refractivity contribution in [2.24, 2.45) is 12.8 Å².